The fourth-order valence-electron chi connectivity index (χ4n) is 3.95. The second kappa shape index (κ2) is 9.92. The van der Waals surface area contributed by atoms with Crippen LogP contribution >= 0.6 is 0 Å². The molecule has 0 atom stereocenters. The molecule has 1 amide bonds. The molecule has 2 aliphatic heterocycles. The Hall–Kier alpha value is -2.08. The van der Waals surface area contributed by atoms with Gasteiger partial charge in [0.15, 0.2) is 5.96 Å². The van der Waals surface area contributed by atoms with Crippen molar-refractivity contribution in [3.63, 3.8) is 0 Å². The van der Waals surface area contributed by atoms with Gasteiger partial charge in [-0.25, -0.2) is 4.99 Å². The van der Waals surface area contributed by atoms with Gasteiger partial charge in [0.05, 0.1) is 6.54 Å². The van der Waals surface area contributed by atoms with Crippen LogP contribution < -0.4 is 15.5 Å². The summed E-state index contributed by atoms with van der Waals surface area (Å²) >= 11 is 0. The highest BCUT2D eigenvalue weighted by atomic mass is 16.2. The van der Waals surface area contributed by atoms with Crippen LogP contribution in [-0.2, 0) is 11.3 Å². The van der Waals surface area contributed by atoms with Gasteiger partial charge in [-0.05, 0) is 57.7 Å². The topological polar surface area (TPSA) is 60.0 Å². The molecule has 28 heavy (non-hydrogen) atoms. The van der Waals surface area contributed by atoms with Crippen LogP contribution in [0.3, 0.4) is 0 Å². The minimum Gasteiger partial charge on any atom is -0.357 e. The second-order valence-corrected chi connectivity index (χ2v) is 8.06. The van der Waals surface area contributed by atoms with E-state index >= 15 is 0 Å². The summed E-state index contributed by atoms with van der Waals surface area (Å²) in [5.41, 5.74) is 2.15. The molecular weight excluding hydrogens is 350 g/mol. The largest absolute Gasteiger partial charge is 0.357 e. The number of carbonyl (C=O) groups excluding carboxylic acids is 1. The summed E-state index contributed by atoms with van der Waals surface area (Å²) in [6.45, 7) is 11.2. The van der Waals surface area contributed by atoms with Gasteiger partial charge < -0.3 is 20.4 Å². The van der Waals surface area contributed by atoms with Crippen LogP contribution in [0.25, 0.3) is 0 Å². The Bertz CT molecular complexity index is 662. The lowest BCUT2D eigenvalue weighted by molar-refractivity contribution is -0.117. The van der Waals surface area contributed by atoms with Gasteiger partial charge in [-0.2, -0.15) is 0 Å². The smallest absolute Gasteiger partial charge is 0.227 e. The molecule has 1 aromatic carbocycles. The molecule has 0 radical (unpaired) electrons. The van der Waals surface area contributed by atoms with Crippen molar-refractivity contribution >= 4 is 17.6 Å². The Morgan fingerprint density at radius 3 is 2.46 bits per heavy atom. The molecule has 0 spiro atoms. The van der Waals surface area contributed by atoms with E-state index in [0.717, 1.165) is 62.7 Å². The zero-order valence-electron chi connectivity index (χ0n) is 17.6. The van der Waals surface area contributed by atoms with Crippen LogP contribution in [-0.4, -0.2) is 55.0 Å². The first-order chi connectivity index (χ1) is 13.6. The van der Waals surface area contributed by atoms with Crippen LogP contribution in [0.5, 0.6) is 0 Å². The number of rotatable bonds is 6. The molecule has 6 heteroatoms. The van der Waals surface area contributed by atoms with Gasteiger partial charge in [-0.15, -0.1) is 0 Å². The highest BCUT2D eigenvalue weighted by Crippen LogP contribution is 2.21. The van der Waals surface area contributed by atoms with Gasteiger partial charge >= 0.3 is 0 Å². The van der Waals surface area contributed by atoms with Crippen LogP contribution in [0.15, 0.2) is 29.3 Å². The van der Waals surface area contributed by atoms with Crippen molar-refractivity contribution in [2.75, 3.05) is 31.1 Å². The van der Waals surface area contributed by atoms with E-state index in [-0.39, 0.29) is 5.91 Å². The van der Waals surface area contributed by atoms with E-state index in [9.17, 15) is 4.79 Å². The normalized spacial score (nSPS) is 19.5. The molecule has 2 aliphatic rings. The Morgan fingerprint density at radius 2 is 1.89 bits per heavy atom. The average Bonchev–Trinajstić information content (AvgIpc) is 3.13. The van der Waals surface area contributed by atoms with E-state index in [4.69, 9.17) is 4.99 Å². The summed E-state index contributed by atoms with van der Waals surface area (Å²) < 4.78 is 0. The predicted octanol–water partition coefficient (Wildman–Crippen LogP) is 2.74. The number of piperidine rings is 1. The number of anilines is 1. The highest BCUT2D eigenvalue weighted by molar-refractivity contribution is 5.95. The lowest BCUT2D eigenvalue weighted by Crippen LogP contribution is -2.49. The fraction of sp³-hybridized carbons (Fsp3) is 0.636. The predicted molar refractivity (Wildman–Crippen MR) is 116 cm³/mol. The zero-order valence-corrected chi connectivity index (χ0v) is 17.6. The van der Waals surface area contributed by atoms with Crippen molar-refractivity contribution in [1.82, 2.24) is 15.5 Å². The van der Waals surface area contributed by atoms with Crippen LogP contribution in [0.2, 0.25) is 0 Å². The molecule has 6 nitrogen and oxygen atoms in total. The maximum atomic E-state index is 11.9. The highest BCUT2D eigenvalue weighted by Gasteiger charge is 2.22. The number of benzene rings is 1. The number of aliphatic imine (C=N–C) groups is 1. The van der Waals surface area contributed by atoms with E-state index in [2.05, 4.69) is 48.4 Å². The van der Waals surface area contributed by atoms with E-state index < -0.39 is 0 Å². The third-order valence-corrected chi connectivity index (χ3v) is 5.69. The maximum Gasteiger partial charge on any atom is 0.227 e. The van der Waals surface area contributed by atoms with E-state index in [1.165, 1.54) is 0 Å². The first-order valence-corrected chi connectivity index (χ1v) is 10.7. The molecule has 2 saturated heterocycles. The Labute approximate surface area is 169 Å². The number of nitrogens with one attached hydrogen (secondary N) is 2. The van der Waals surface area contributed by atoms with E-state index in [0.29, 0.717) is 25.0 Å². The summed E-state index contributed by atoms with van der Waals surface area (Å²) in [5, 5.41) is 6.98. The lowest BCUT2D eigenvalue weighted by atomic mass is 10.0. The molecule has 1 aromatic rings. The monoisotopic (exact) mass is 385 g/mol. The second-order valence-electron chi connectivity index (χ2n) is 8.06. The lowest BCUT2D eigenvalue weighted by Gasteiger charge is -2.35. The molecule has 0 unspecified atom stereocenters. The number of hydrogen-bond donors (Lipinski definition) is 2. The van der Waals surface area contributed by atoms with Crippen molar-refractivity contribution in [3.05, 3.63) is 29.8 Å². The van der Waals surface area contributed by atoms with Crippen LogP contribution in [0.1, 0.15) is 52.0 Å². The molecule has 0 aromatic heterocycles. The van der Waals surface area contributed by atoms with Gasteiger partial charge in [-0.3, -0.25) is 4.79 Å². The standard InChI is InChI=1S/C22H35N5O/c1-4-23-22(25-19-11-14-26(15-12-19)17(2)3)24-16-18-7-9-20(10-8-18)27-13-5-6-21(27)28/h7-10,17,19H,4-6,11-16H2,1-3H3,(H2,23,24,25). The molecule has 0 bridgehead atoms. The molecule has 3 rings (SSSR count). The zero-order chi connectivity index (χ0) is 19.9. The van der Waals surface area contributed by atoms with Crippen LogP contribution in [0, 0.1) is 0 Å². The summed E-state index contributed by atoms with van der Waals surface area (Å²) in [5.74, 6) is 1.12. The molecule has 2 fully saturated rings. The van der Waals surface area contributed by atoms with Crippen molar-refractivity contribution < 1.29 is 4.79 Å². The molecule has 0 aliphatic carbocycles. The van der Waals surface area contributed by atoms with Gasteiger partial charge in [0.2, 0.25) is 5.91 Å². The molecule has 2 N–H and O–H groups in total. The number of nitrogens with zero attached hydrogens (tertiary/aromatic N) is 3. The first-order valence-electron chi connectivity index (χ1n) is 10.7. The Morgan fingerprint density at radius 1 is 1.18 bits per heavy atom. The van der Waals surface area contributed by atoms with Gasteiger partial charge in [0.1, 0.15) is 0 Å². The number of hydrogen-bond acceptors (Lipinski definition) is 3. The third-order valence-electron chi connectivity index (χ3n) is 5.69. The number of guanidine groups is 1. The van der Waals surface area contributed by atoms with Crippen molar-refractivity contribution in [3.8, 4) is 0 Å². The summed E-state index contributed by atoms with van der Waals surface area (Å²) in [6, 6.07) is 9.34. The molecule has 154 valence electrons. The quantitative estimate of drug-likeness (QED) is 0.584. The summed E-state index contributed by atoms with van der Waals surface area (Å²) in [6.07, 6.45) is 3.93. The van der Waals surface area contributed by atoms with E-state index in [1.807, 2.05) is 17.0 Å². The van der Waals surface area contributed by atoms with Crippen molar-refractivity contribution in [2.45, 2.75) is 65.1 Å². The molecular formula is C22H35N5O. The fourth-order valence-corrected chi connectivity index (χ4v) is 3.95. The Balaban J connectivity index is 1.54. The van der Waals surface area contributed by atoms with Crippen LogP contribution in [0.4, 0.5) is 5.69 Å². The van der Waals surface area contributed by atoms with Crippen molar-refractivity contribution in [2.24, 2.45) is 4.99 Å². The average molecular weight is 386 g/mol. The minimum absolute atomic E-state index is 0.230. The number of carbonyl (C=O) groups is 1. The Kier molecular flexibility index (Phi) is 7.31. The third kappa shape index (κ3) is 5.47. The maximum absolute atomic E-state index is 11.9. The SMILES string of the molecule is CCNC(=NCc1ccc(N2CCCC2=O)cc1)NC1CCN(C(C)C)CC1. The van der Waals surface area contributed by atoms with Gasteiger partial charge in [0, 0.05) is 50.4 Å². The number of amides is 1. The van der Waals surface area contributed by atoms with E-state index in [1.54, 1.807) is 0 Å². The molecule has 2 heterocycles. The van der Waals surface area contributed by atoms with Crippen molar-refractivity contribution in [1.29, 1.82) is 0 Å². The van der Waals surface area contributed by atoms with Gasteiger partial charge in [-0.1, -0.05) is 12.1 Å². The summed E-state index contributed by atoms with van der Waals surface area (Å²) in [7, 11) is 0. The molecule has 0 saturated carbocycles. The minimum atomic E-state index is 0.230. The summed E-state index contributed by atoms with van der Waals surface area (Å²) in [4.78, 5) is 21.1. The first kappa shape index (κ1) is 20.6. The van der Waals surface area contributed by atoms with Gasteiger partial charge in [0.25, 0.3) is 0 Å². The number of likely N-dealkylation sites (tertiary alicyclic amines) is 1.